The highest BCUT2D eigenvalue weighted by Gasteiger charge is 2.76. The molecule has 4 aliphatic rings. The second-order valence-electron chi connectivity index (χ2n) is 15.4. The van der Waals surface area contributed by atoms with Crippen molar-refractivity contribution in [3.8, 4) is 5.75 Å². The number of ether oxygens (including phenoxy) is 2. The van der Waals surface area contributed by atoms with Crippen LogP contribution in [0.3, 0.4) is 0 Å². The number of anilines is 2. The summed E-state index contributed by atoms with van der Waals surface area (Å²) in [5.74, 6) is -4.53. The molecule has 2 bridgehead atoms. The number of carbonyl (C=O) groups is 5. The van der Waals surface area contributed by atoms with Crippen LogP contribution in [0, 0.1) is 34.5 Å². The quantitative estimate of drug-likeness (QED) is 0.106. The number of aromatic hydroxyl groups is 1. The van der Waals surface area contributed by atoms with Gasteiger partial charge in [-0.15, -0.1) is 0 Å². The van der Waals surface area contributed by atoms with E-state index in [9.17, 15) is 39.3 Å². The van der Waals surface area contributed by atoms with Crippen LogP contribution in [0.1, 0.15) is 75.6 Å². The number of nitrogens with one attached hydrogen (secondary N) is 2. The number of hydrogen-bond acceptors (Lipinski definition) is 10. The van der Waals surface area contributed by atoms with Crippen molar-refractivity contribution < 1.29 is 48.8 Å². The molecule has 12 heteroatoms. The topological polar surface area (TPSA) is 189 Å². The van der Waals surface area contributed by atoms with Crippen LogP contribution in [0.5, 0.6) is 5.75 Å². The lowest BCUT2D eigenvalue weighted by Gasteiger charge is -2.48. The molecule has 4 aliphatic carbocycles. The smallest absolute Gasteiger partial charge is 0.340 e. The summed E-state index contributed by atoms with van der Waals surface area (Å²) >= 11 is 0. The van der Waals surface area contributed by atoms with E-state index in [2.05, 4.69) is 24.5 Å². The van der Waals surface area contributed by atoms with Crippen LogP contribution >= 0.6 is 0 Å². The predicted molar refractivity (Wildman–Crippen MR) is 195 cm³/mol. The van der Waals surface area contributed by atoms with Gasteiger partial charge in [-0.3, -0.25) is 19.2 Å². The van der Waals surface area contributed by atoms with Crippen LogP contribution in [0.15, 0.2) is 77.4 Å². The van der Waals surface area contributed by atoms with Gasteiger partial charge in [0.1, 0.15) is 18.5 Å². The summed E-state index contributed by atoms with van der Waals surface area (Å²) in [6.07, 6.45) is 2.19. The largest absolute Gasteiger partial charge is 0.506 e. The lowest BCUT2D eigenvalue weighted by Crippen LogP contribution is -2.65. The Labute approximate surface area is 307 Å². The molecule has 0 saturated heterocycles. The Hall–Kier alpha value is -5.07. The molecule has 2 saturated carbocycles. The van der Waals surface area contributed by atoms with Crippen molar-refractivity contribution in [2.24, 2.45) is 34.5 Å². The van der Waals surface area contributed by atoms with E-state index in [-0.39, 0.29) is 63.5 Å². The molecule has 280 valence electrons. The second-order valence-corrected chi connectivity index (χ2v) is 15.4. The van der Waals surface area contributed by atoms with E-state index in [1.807, 2.05) is 6.92 Å². The number of carbonyl (C=O) groups excluding carboxylic acids is 5. The molecule has 8 unspecified atom stereocenters. The number of ketones is 1. The van der Waals surface area contributed by atoms with Gasteiger partial charge in [-0.1, -0.05) is 57.2 Å². The Morgan fingerprint density at radius 3 is 2.38 bits per heavy atom. The summed E-state index contributed by atoms with van der Waals surface area (Å²) < 4.78 is 11.4. The molecule has 53 heavy (non-hydrogen) atoms. The van der Waals surface area contributed by atoms with Gasteiger partial charge in [0.25, 0.3) is 11.8 Å². The SMILES string of the molecule is CC=C(C)C(=O)Nc1c(O)cccc1C(=O)Nc1ccccc1C(=O)OC1C(C)=CC23C(=O)C(C=C(COC(C)=O)C(O)C12O)C1C(CC3C)C1(C)C. The third-order valence-electron chi connectivity index (χ3n) is 12.1. The van der Waals surface area contributed by atoms with Gasteiger partial charge >= 0.3 is 11.9 Å². The maximum absolute atomic E-state index is 14.8. The van der Waals surface area contributed by atoms with Crippen molar-refractivity contribution >= 4 is 40.9 Å². The van der Waals surface area contributed by atoms with Gasteiger partial charge in [0.05, 0.1) is 27.9 Å². The van der Waals surface area contributed by atoms with Gasteiger partial charge < -0.3 is 35.4 Å². The van der Waals surface area contributed by atoms with E-state index >= 15 is 0 Å². The molecular weight excluding hydrogens is 680 g/mol. The first-order valence-electron chi connectivity index (χ1n) is 17.8. The van der Waals surface area contributed by atoms with Gasteiger partial charge in [0.15, 0.2) is 17.5 Å². The Morgan fingerprint density at radius 1 is 1.02 bits per heavy atom. The number of hydrogen-bond donors (Lipinski definition) is 5. The third kappa shape index (κ3) is 5.88. The highest BCUT2D eigenvalue weighted by molar-refractivity contribution is 6.14. The Kier molecular flexibility index (Phi) is 9.53. The first kappa shape index (κ1) is 37.7. The fourth-order valence-corrected chi connectivity index (χ4v) is 9.10. The molecule has 2 amide bonds. The number of phenolic OH excluding ortho intramolecular Hbond substituents is 1. The fourth-order valence-electron chi connectivity index (χ4n) is 9.10. The number of phenols is 1. The van der Waals surface area contributed by atoms with Gasteiger partial charge in [0.2, 0.25) is 0 Å². The standard InChI is InChI=1S/C41H46N2O10/c1-8-20(2)36(48)43-32-26(13-11-15-30(32)45)37(49)42-29-14-10-9-12-25(29)38(50)53-35-21(3)18-40-22(4)16-28-31(39(28,6)7)27(34(40)47)17-24(19-52-23(5)44)33(46)41(35,40)51/h8-15,17-18,22,27-28,31,33,35,45-46,51H,16,19H2,1-7H3,(H,42,49)(H,43,48). The summed E-state index contributed by atoms with van der Waals surface area (Å²) in [6, 6.07) is 10.2. The van der Waals surface area contributed by atoms with Crippen molar-refractivity contribution in [2.75, 3.05) is 17.2 Å². The molecule has 0 aromatic heterocycles. The number of esters is 2. The predicted octanol–water partition coefficient (Wildman–Crippen LogP) is 5.11. The van der Waals surface area contributed by atoms with E-state index in [1.54, 1.807) is 51.1 Å². The second kappa shape index (κ2) is 13.4. The van der Waals surface area contributed by atoms with Crippen molar-refractivity contribution in [1.29, 1.82) is 0 Å². The van der Waals surface area contributed by atoms with Crippen molar-refractivity contribution in [2.45, 2.75) is 72.7 Å². The molecule has 0 heterocycles. The van der Waals surface area contributed by atoms with Crippen LogP contribution in [0.4, 0.5) is 11.4 Å². The van der Waals surface area contributed by atoms with Gasteiger partial charge in [-0.05, 0) is 85.8 Å². The number of para-hydroxylation sites is 2. The minimum absolute atomic E-state index is 0.0206. The minimum Gasteiger partial charge on any atom is -0.506 e. The lowest BCUT2D eigenvalue weighted by molar-refractivity contribution is -0.191. The van der Waals surface area contributed by atoms with E-state index in [0.717, 1.165) is 0 Å². The van der Waals surface area contributed by atoms with Crippen molar-refractivity contribution in [3.05, 3.63) is 88.5 Å². The molecule has 0 aliphatic heterocycles. The Balaban J connectivity index is 1.34. The molecule has 12 nitrogen and oxygen atoms in total. The first-order valence-corrected chi connectivity index (χ1v) is 17.8. The monoisotopic (exact) mass is 726 g/mol. The summed E-state index contributed by atoms with van der Waals surface area (Å²) in [5.41, 5.74) is -3.60. The summed E-state index contributed by atoms with van der Waals surface area (Å²) in [7, 11) is 0. The highest BCUT2D eigenvalue weighted by atomic mass is 16.6. The van der Waals surface area contributed by atoms with Crippen LogP contribution in [0.25, 0.3) is 0 Å². The highest BCUT2D eigenvalue weighted by Crippen LogP contribution is 2.71. The molecule has 2 aromatic rings. The maximum Gasteiger partial charge on any atom is 0.340 e. The zero-order chi connectivity index (χ0) is 38.8. The van der Waals surface area contributed by atoms with Gasteiger partial charge in [-0.2, -0.15) is 0 Å². The maximum atomic E-state index is 14.8. The Morgan fingerprint density at radius 2 is 1.70 bits per heavy atom. The minimum atomic E-state index is -2.37. The van der Waals surface area contributed by atoms with Crippen molar-refractivity contribution in [3.63, 3.8) is 0 Å². The summed E-state index contributed by atoms with van der Waals surface area (Å²) in [5, 5.41) is 40.8. The zero-order valence-electron chi connectivity index (χ0n) is 30.9. The molecule has 2 aromatic carbocycles. The molecule has 6 rings (SSSR count). The summed E-state index contributed by atoms with van der Waals surface area (Å²) in [4.78, 5) is 67.2. The van der Waals surface area contributed by atoms with Crippen LogP contribution in [-0.2, 0) is 23.9 Å². The molecule has 0 radical (unpaired) electrons. The third-order valence-corrected chi connectivity index (χ3v) is 12.1. The zero-order valence-corrected chi connectivity index (χ0v) is 30.9. The first-order chi connectivity index (χ1) is 24.9. The van der Waals surface area contributed by atoms with Crippen molar-refractivity contribution in [1.82, 2.24) is 0 Å². The number of amides is 2. The van der Waals surface area contributed by atoms with Gasteiger partial charge in [-0.25, -0.2) is 4.79 Å². The molecular formula is C41H46N2O10. The van der Waals surface area contributed by atoms with E-state index in [4.69, 9.17) is 9.47 Å². The fraction of sp³-hybridized carbons (Fsp3) is 0.439. The molecule has 8 atom stereocenters. The van der Waals surface area contributed by atoms with E-state index < -0.39 is 58.8 Å². The van der Waals surface area contributed by atoms with Gasteiger partial charge in [0, 0.05) is 18.4 Å². The molecule has 5 N–H and O–H groups in total. The lowest BCUT2D eigenvalue weighted by atomic mass is 9.59. The van der Waals surface area contributed by atoms with E-state index in [1.165, 1.54) is 37.3 Å². The number of fused-ring (bicyclic) bond motifs is 3. The number of allylic oxidation sites excluding steroid dienone is 2. The Bertz CT molecular complexity index is 2010. The summed E-state index contributed by atoms with van der Waals surface area (Å²) in [6.45, 7) is 11.8. The number of aliphatic hydroxyl groups is 2. The number of Topliss-reactive ketones (excluding diaryl/α,β-unsaturated/α-hetero) is 1. The van der Waals surface area contributed by atoms with E-state index in [0.29, 0.717) is 17.6 Å². The normalized spacial score (nSPS) is 31.0. The number of aliphatic hydroxyl groups excluding tert-OH is 1. The molecule has 1 spiro atoms. The molecule has 2 fully saturated rings. The van der Waals surface area contributed by atoms with Crippen LogP contribution in [0.2, 0.25) is 0 Å². The average molecular weight is 727 g/mol. The number of rotatable bonds is 8. The van der Waals surface area contributed by atoms with Crippen LogP contribution < -0.4 is 10.6 Å². The average Bonchev–Trinajstić information content (AvgIpc) is 3.60. The number of benzene rings is 2. The van der Waals surface area contributed by atoms with Crippen LogP contribution in [-0.4, -0.2) is 69.3 Å².